The molecule has 5 nitrogen and oxygen atoms in total. The van der Waals surface area contributed by atoms with Crippen molar-refractivity contribution in [3.05, 3.63) is 40.0 Å². The van der Waals surface area contributed by atoms with E-state index in [1.54, 1.807) is 41.9 Å². The number of pyridine rings is 1. The van der Waals surface area contributed by atoms with Crippen LogP contribution in [0.2, 0.25) is 0 Å². The Kier molecular flexibility index (Phi) is 4.11. The molecule has 0 aliphatic carbocycles. The average Bonchev–Trinajstić information content (AvgIpc) is 2.83. The molecular weight excluding hydrogens is 260 g/mol. The number of carbonyl (C=O) groups excluding carboxylic acids is 1. The third-order valence-corrected chi connectivity index (χ3v) is 3.72. The normalized spacial score (nSPS) is 10.3. The topological polar surface area (TPSA) is 58.1 Å². The summed E-state index contributed by atoms with van der Waals surface area (Å²) in [5.74, 6) is 0.595. The molecule has 0 unspecified atom stereocenters. The summed E-state index contributed by atoms with van der Waals surface area (Å²) in [6, 6.07) is 5.36. The van der Waals surface area contributed by atoms with Crippen LogP contribution < -0.4 is 5.32 Å². The Labute approximate surface area is 116 Å². The molecule has 6 heteroatoms. The molecule has 0 aliphatic rings. The minimum absolute atomic E-state index is 0.0927. The smallest absolute Gasteiger partial charge is 0.272 e. The number of nitrogens with zero attached hydrogens (tertiary/aromatic N) is 3. The maximum Gasteiger partial charge on any atom is 0.272 e. The molecule has 0 saturated carbocycles. The van der Waals surface area contributed by atoms with Gasteiger partial charge in [0, 0.05) is 19.0 Å². The summed E-state index contributed by atoms with van der Waals surface area (Å²) in [6.45, 7) is 2.50. The zero-order valence-electron chi connectivity index (χ0n) is 11.2. The molecule has 19 heavy (non-hydrogen) atoms. The molecule has 0 aromatic carbocycles. The van der Waals surface area contributed by atoms with E-state index in [4.69, 9.17) is 0 Å². The van der Waals surface area contributed by atoms with Crippen molar-refractivity contribution in [2.24, 2.45) is 0 Å². The number of carbonyl (C=O) groups is 1. The van der Waals surface area contributed by atoms with Gasteiger partial charge >= 0.3 is 0 Å². The molecule has 100 valence electrons. The lowest BCUT2D eigenvalue weighted by molar-refractivity contribution is 0.0780. The zero-order chi connectivity index (χ0) is 13.8. The minimum atomic E-state index is -0.0927. The van der Waals surface area contributed by atoms with Crippen molar-refractivity contribution in [3.8, 4) is 0 Å². The van der Waals surface area contributed by atoms with E-state index >= 15 is 0 Å². The van der Waals surface area contributed by atoms with E-state index in [1.807, 2.05) is 19.1 Å². The minimum Gasteiger partial charge on any atom is -0.373 e. The summed E-state index contributed by atoms with van der Waals surface area (Å²) in [4.78, 5) is 23.5. The lowest BCUT2D eigenvalue weighted by Gasteiger charge is -2.16. The Morgan fingerprint density at radius 1 is 1.47 bits per heavy atom. The van der Waals surface area contributed by atoms with Gasteiger partial charge in [0.25, 0.3) is 5.91 Å². The van der Waals surface area contributed by atoms with Crippen molar-refractivity contribution in [1.29, 1.82) is 0 Å². The number of amides is 1. The highest BCUT2D eigenvalue weighted by molar-refractivity contribution is 7.09. The van der Waals surface area contributed by atoms with Gasteiger partial charge in [0.1, 0.15) is 11.5 Å². The highest BCUT2D eigenvalue weighted by Crippen LogP contribution is 2.15. The second kappa shape index (κ2) is 5.79. The maximum atomic E-state index is 12.3. The average molecular weight is 276 g/mol. The van der Waals surface area contributed by atoms with Gasteiger partial charge < -0.3 is 10.2 Å². The highest BCUT2D eigenvalue weighted by Gasteiger charge is 2.15. The van der Waals surface area contributed by atoms with E-state index in [9.17, 15) is 4.79 Å². The molecule has 2 heterocycles. The lowest BCUT2D eigenvalue weighted by atomic mass is 10.3. The Hall–Kier alpha value is -1.95. The summed E-state index contributed by atoms with van der Waals surface area (Å²) in [6.07, 6.45) is 0. The van der Waals surface area contributed by atoms with Crippen LogP contribution in [-0.2, 0) is 6.54 Å². The summed E-state index contributed by atoms with van der Waals surface area (Å²) in [7, 11) is 3.55. The van der Waals surface area contributed by atoms with E-state index in [2.05, 4.69) is 15.3 Å². The largest absolute Gasteiger partial charge is 0.373 e. The van der Waals surface area contributed by atoms with Crippen LogP contribution in [0.25, 0.3) is 0 Å². The second-order valence-corrected chi connectivity index (χ2v) is 5.12. The highest BCUT2D eigenvalue weighted by atomic mass is 32.1. The van der Waals surface area contributed by atoms with Crippen LogP contribution >= 0.6 is 11.3 Å². The van der Waals surface area contributed by atoms with E-state index in [0.29, 0.717) is 18.1 Å². The predicted octanol–water partition coefficient (Wildman–Crippen LogP) is 2.16. The van der Waals surface area contributed by atoms with Gasteiger partial charge in [-0.3, -0.25) is 4.79 Å². The molecule has 0 spiro atoms. The molecule has 2 aromatic heterocycles. The first-order chi connectivity index (χ1) is 9.11. The van der Waals surface area contributed by atoms with Gasteiger partial charge in [-0.15, -0.1) is 11.3 Å². The lowest BCUT2D eigenvalue weighted by Crippen LogP contribution is -2.27. The monoisotopic (exact) mass is 276 g/mol. The third kappa shape index (κ3) is 3.08. The number of anilines is 1. The molecule has 0 saturated heterocycles. The predicted molar refractivity (Wildman–Crippen MR) is 76.4 cm³/mol. The second-order valence-electron chi connectivity index (χ2n) is 4.18. The Balaban J connectivity index is 2.12. The van der Waals surface area contributed by atoms with E-state index in [1.165, 1.54) is 0 Å². The standard InChI is InChI=1S/C13H16N4OS/c1-9-11(19-8-15-9)7-17(3)13(18)10-5-4-6-12(14-2)16-10/h4-6,8H,7H2,1-3H3,(H,14,16). The zero-order valence-corrected chi connectivity index (χ0v) is 12.0. The van der Waals surface area contributed by atoms with Gasteiger partial charge in [0.2, 0.25) is 0 Å². The fourth-order valence-corrected chi connectivity index (χ4v) is 2.48. The van der Waals surface area contributed by atoms with Crippen molar-refractivity contribution >= 4 is 23.1 Å². The van der Waals surface area contributed by atoms with Crippen LogP contribution in [0.4, 0.5) is 5.82 Å². The van der Waals surface area contributed by atoms with Crippen molar-refractivity contribution in [2.75, 3.05) is 19.4 Å². The fourth-order valence-electron chi connectivity index (χ4n) is 1.65. The number of hydrogen-bond donors (Lipinski definition) is 1. The van der Waals surface area contributed by atoms with Gasteiger partial charge in [-0.1, -0.05) is 6.07 Å². The van der Waals surface area contributed by atoms with E-state index in [0.717, 1.165) is 10.6 Å². The van der Waals surface area contributed by atoms with Crippen LogP contribution in [0.1, 0.15) is 21.1 Å². The van der Waals surface area contributed by atoms with Crippen molar-refractivity contribution in [3.63, 3.8) is 0 Å². The van der Waals surface area contributed by atoms with Crippen LogP contribution in [0.15, 0.2) is 23.7 Å². The molecule has 0 atom stereocenters. The number of nitrogens with one attached hydrogen (secondary N) is 1. The van der Waals surface area contributed by atoms with Crippen LogP contribution in [0.3, 0.4) is 0 Å². The first-order valence-corrected chi connectivity index (χ1v) is 6.79. The quantitative estimate of drug-likeness (QED) is 0.929. The number of thiazole rings is 1. The summed E-state index contributed by atoms with van der Waals surface area (Å²) in [5, 5.41) is 2.93. The fraction of sp³-hybridized carbons (Fsp3) is 0.308. The molecule has 0 radical (unpaired) electrons. The SMILES string of the molecule is CNc1cccc(C(=O)N(C)Cc2scnc2C)n1. The van der Waals surface area contributed by atoms with Crippen molar-refractivity contribution < 1.29 is 4.79 Å². The van der Waals surface area contributed by atoms with E-state index < -0.39 is 0 Å². The Morgan fingerprint density at radius 3 is 2.89 bits per heavy atom. The van der Waals surface area contributed by atoms with Crippen molar-refractivity contribution in [1.82, 2.24) is 14.9 Å². The number of hydrogen-bond acceptors (Lipinski definition) is 5. The van der Waals surface area contributed by atoms with Gasteiger partial charge in [0.05, 0.1) is 17.7 Å². The molecule has 0 aliphatic heterocycles. The van der Waals surface area contributed by atoms with Gasteiger partial charge in [0.15, 0.2) is 0 Å². The molecule has 2 aromatic rings. The first kappa shape index (κ1) is 13.5. The molecule has 0 bridgehead atoms. The molecule has 1 N–H and O–H groups in total. The van der Waals surface area contributed by atoms with Gasteiger partial charge in [-0.25, -0.2) is 9.97 Å². The summed E-state index contributed by atoms with van der Waals surface area (Å²) in [5.41, 5.74) is 3.21. The maximum absolute atomic E-state index is 12.3. The van der Waals surface area contributed by atoms with E-state index in [-0.39, 0.29) is 5.91 Å². The number of aryl methyl sites for hydroxylation is 1. The van der Waals surface area contributed by atoms with Crippen molar-refractivity contribution in [2.45, 2.75) is 13.5 Å². The van der Waals surface area contributed by atoms with Crippen LogP contribution in [-0.4, -0.2) is 34.9 Å². The van der Waals surface area contributed by atoms with Gasteiger partial charge in [-0.05, 0) is 19.1 Å². The Bertz CT molecular complexity index is 582. The van der Waals surface area contributed by atoms with Crippen LogP contribution in [0.5, 0.6) is 0 Å². The van der Waals surface area contributed by atoms with Gasteiger partial charge in [-0.2, -0.15) is 0 Å². The third-order valence-electron chi connectivity index (χ3n) is 2.80. The molecule has 0 fully saturated rings. The summed E-state index contributed by atoms with van der Waals surface area (Å²) >= 11 is 1.56. The van der Waals surface area contributed by atoms with Crippen LogP contribution in [0, 0.1) is 6.92 Å². The number of aromatic nitrogens is 2. The molecule has 2 rings (SSSR count). The number of rotatable bonds is 4. The summed E-state index contributed by atoms with van der Waals surface area (Å²) < 4.78 is 0. The molecule has 1 amide bonds. The molecular formula is C13H16N4OS. The first-order valence-electron chi connectivity index (χ1n) is 5.91. The Morgan fingerprint density at radius 2 is 2.26 bits per heavy atom.